The largest absolute Gasteiger partial charge is 0.484 e. The first-order valence-corrected chi connectivity index (χ1v) is 12.3. The lowest BCUT2D eigenvalue weighted by Crippen LogP contribution is -2.59. The molecule has 2 heterocycles. The molecular weight excluding hydrogens is 514 g/mol. The highest BCUT2D eigenvalue weighted by molar-refractivity contribution is 6.10. The van der Waals surface area contributed by atoms with Crippen molar-refractivity contribution in [2.24, 2.45) is 5.92 Å². The first kappa shape index (κ1) is 29.2. The van der Waals surface area contributed by atoms with Crippen LogP contribution in [0.5, 0.6) is 5.75 Å². The van der Waals surface area contributed by atoms with E-state index in [2.05, 4.69) is 21.3 Å². The highest BCUT2D eigenvalue weighted by Crippen LogP contribution is 2.21. The van der Waals surface area contributed by atoms with E-state index in [1.54, 1.807) is 44.2 Å². The molecule has 1 unspecified atom stereocenters. The number of nitrogens with one attached hydrogen (secondary N) is 4. The summed E-state index contributed by atoms with van der Waals surface area (Å²) < 4.78 is 35.6. The molecule has 208 valence electrons. The third-order valence-corrected chi connectivity index (χ3v) is 5.97. The van der Waals surface area contributed by atoms with Gasteiger partial charge in [0.2, 0.25) is 17.6 Å². The quantitative estimate of drug-likeness (QED) is 0.314. The van der Waals surface area contributed by atoms with Gasteiger partial charge in [0.25, 0.3) is 11.8 Å². The fraction of sp³-hybridized carbons (Fsp3) is 0.370. The summed E-state index contributed by atoms with van der Waals surface area (Å²) in [7, 11) is 0. The topological polar surface area (TPSA) is 143 Å². The van der Waals surface area contributed by atoms with Crippen molar-refractivity contribution in [2.45, 2.75) is 44.8 Å². The lowest BCUT2D eigenvalue weighted by atomic mass is 9.96. The second kappa shape index (κ2) is 12.9. The number of carbonyl (C=O) groups excluding carboxylic acids is 5. The molecule has 0 saturated heterocycles. The lowest BCUT2D eigenvalue weighted by Gasteiger charge is -2.27. The Kier molecular flexibility index (Phi) is 9.69. The summed E-state index contributed by atoms with van der Waals surface area (Å²) in [5.74, 6) is -10.5. The molecule has 2 atom stereocenters. The Morgan fingerprint density at radius 2 is 1.67 bits per heavy atom. The molecule has 0 aromatic heterocycles. The molecule has 4 rings (SSSR count). The minimum absolute atomic E-state index is 0.223. The first-order chi connectivity index (χ1) is 18.5. The van der Waals surface area contributed by atoms with E-state index in [4.69, 9.17) is 4.74 Å². The van der Waals surface area contributed by atoms with Crippen molar-refractivity contribution in [3.05, 3.63) is 65.7 Å². The van der Waals surface area contributed by atoms with Crippen LogP contribution in [0.4, 0.5) is 8.78 Å². The van der Waals surface area contributed by atoms with Crippen molar-refractivity contribution in [1.29, 1.82) is 0 Å². The van der Waals surface area contributed by atoms with Crippen LogP contribution in [-0.4, -0.2) is 60.6 Å². The number of fused-ring (bicyclic) bond motifs is 13. The van der Waals surface area contributed by atoms with Gasteiger partial charge in [0.05, 0.1) is 12.6 Å². The summed E-state index contributed by atoms with van der Waals surface area (Å²) in [6.45, 7) is 2.15. The van der Waals surface area contributed by atoms with E-state index in [0.717, 1.165) is 0 Å². The molecule has 2 aliphatic rings. The Morgan fingerprint density at radius 3 is 2.31 bits per heavy atom. The number of alkyl halides is 2. The molecule has 39 heavy (non-hydrogen) atoms. The number of ether oxygens (including phenoxy) is 1. The van der Waals surface area contributed by atoms with Gasteiger partial charge in [0.15, 0.2) is 6.61 Å². The van der Waals surface area contributed by atoms with Crippen LogP contribution in [0.1, 0.15) is 25.0 Å². The number of amides is 4. The fourth-order valence-electron chi connectivity index (χ4n) is 3.79. The van der Waals surface area contributed by atoms with Crippen LogP contribution in [0.15, 0.2) is 54.6 Å². The van der Waals surface area contributed by atoms with E-state index < -0.39 is 59.9 Å². The van der Waals surface area contributed by atoms with Gasteiger partial charge in [-0.15, -0.1) is 0 Å². The lowest BCUT2D eigenvalue weighted by molar-refractivity contribution is -0.160. The number of ketones is 1. The van der Waals surface area contributed by atoms with E-state index in [1.165, 1.54) is 24.3 Å². The van der Waals surface area contributed by atoms with Gasteiger partial charge < -0.3 is 26.0 Å². The average molecular weight is 545 g/mol. The Bertz CT molecular complexity index is 1200. The third kappa shape index (κ3) is 8.06. The Morgan fingerprint density at radius 1 is 1.00 bits per heavy atom. The van der Waals surface area contributed by atoms with Crippen LogP contribution in [0.25, 0.3) is 0 Å². The van der Waals surface area contributed by atoms with Gasteiger partial charge in [-0.3, -0.25) is 24.0 Å². The number of benzene rings is 2. The minimum atomic E-state index is -4.46. The van der Waals surface area contributed by atoms with Gasteiger partial charge in [0, 0.05) is 13.0 Å². The number of hydrogen-bond acceptors (Lipinski definition) is 6. The van der Waals surface area contributed by atoms with Crippen molar-refractivity contribution in [3.63, 3.8) is 0 Å². The summed E-state index contributed by atoms with van der Waals surface area (Å²) in [4.78, 5) is 62.9. The summed E-state index contributed by atoms with van der Waals surface area (Å²) in [5.41, 5.74) is 0.935. The maximum Gasteiger partial charge on any atom is 0.383 e. The van der Waals surface area contributed by atoms with Crippen LogP contribution in [-0.2, 0) is 36.9 Å². The fourth-order valence-corrected chi connectivity index (χ4v) is 3.79. The molecule has 2 aromatic rings. The summed E-state index contributed by atoms with van der Waals surface area (Å²) in [6.07, 6.45) is -0.369. The van der Waals surface area contributed by atoms with E-state index in [0.29, 0.717) is 11.1 Å². The van der Waals surface area contributed by atoms with Gasteiger partial charge in [-0.2, -0.15) is 8.78 Å². The van der Waals surface area contributed by atoms with Crippen molar-refractivity contribution < 1.29 is 37.5 Å². The van der Waals surface area contributed by atoms with E-state index in [9.17, 15) is 24.0 Å². The Labute approximate surface area is 223 Å². The molecule has 0 radical (unpaired) electrons. The Balaban J connectivity index is 1.87. The van der Waals surface area contributed by atoms with Crippen LogP contribution < -0.4 is 26.0 Å². The zero-order valence-electron chi connectivity index (χ0n) is 21.5. The predicted molar refractivity (Wildman–Crippen MR) is 136 cm³/mol. The van der Waals surface area contributed by atoms with Gasteiger partial charge in [0.1, 0.15) is 11.8 Å². The molecule has 12 heteroatoms. The minimum Gasteiger partial charge on any atom is -0.484 e. The molecule has 2 bridgehead atoms. The zero-order chi connectivity index (χ0) is 28.6. The molecule has 0 aliphatic carbocycles. The molecule has 2 aromatic carbocycles. The second-order valence-electron chi connectivity index (χ2n) is 9.37. The number of carbonyl (C=O) groups is 5. The summed E-state index contributed by atoms with van der Waals surface area (Å²) >= 11 is 0. The van der Waals surface area contributed by atoms with Gasteiger partial charge in [-0.1, -0.05) is 56.3 Å². The standard InChI is InChI=1S/C27H30F2N4O6/c1-16(2)23-25(37)32-20(24(36)27(28,29)26(38)31-13-18-6-4-3-5-7-18)12-17-8-10-19(11-9-17)39-15-22(35)30-14-21(34)33-23/h3-11,16,20,23H,12-15H2,1-2H3,(H,30,35)(H,31,38)(H,32,37)(H,33,34)/t20-,23?/m0/s1. The molecule has 4 N–H and O–H groups in total. The van der Waals surface area contributed by atoms with Crippen molar-refractivity contribution in [2.75, 3.05) is 13.2 Å². The highest BCUT2D eigenvalue weighted by atomic mass is 19.3. The van der Waals surface area contributed by atoms with E-state index in [-0.39, 0.29) is 25.3 Å². The molecule has 0 spiro atoms. The molecular formula is C27H30F2N4O6. The van der Waals surface area contributed by atoms with Crippen LogP contribution in [0.2, 0.25) is 0 Å². The maximum atomic E-state index is 15.1. The molecule has 0 saturated carbocycles. The number of Topliss-reactive ketones (excluding diaryl/α,β-unsaturated/α-hetero) is 1. The van der Waals surface area contributed by atoms with Crippen LogP contribution in [0, 0.1) is 5.92 Å². The number of rotatable bonds is 6. The number of halogens is 2. The van der Waals surface area contributed by atoms with Gasteiger partial charge >= 0.3 is 5.92 Å². The Hall–Kier alpha value is -4.35. The molecule has 4 amide bonds. The molecule has 2 aliphatic heterocycles. The molecule has 0 fully saturated rings. The summed E-state index contributed by atoms with van der Waals surface area (Å²) in [5, 5.41) is 9.16. The molecule has 10 nitrogen and oxygen atoms in total. The zero-order valence-corrected chi connectivity index (χ0v) is 21.5. The van der Waals surface area contributed by atoms with Crippen molar-refractivity contribution >= 4 is 29.4 Å². The van der Waals surface area contributed by atoms with Gasteiger partial charge in [-0.05, 0) is 29.2 Å². The van der Waals surface area contributed by atoms with E-state index >= 15 is 8.78 Å². The van der Waals surface area contributed by atoms with Crippen LogP contribution >= 0.6 is 0 Å². The predicted octanol–water partition coefficient (Wildman–Crippen LogP) is 0.884. The van der Waals surface area contributed by atoms with Gasteiger partial charge in [-0.25, -0.2) is 0 Å². The summed E-state index contributed by atoms with van der Waals surface area (Å²) in [6, 6.07) is 11.2. The maximum absolute atomic E-state index is 15.1. The second-order valence-corrected chi connectivity index (χ2v) is 9.37. The number of hydrogen-bond donors (Lipinski definition) is 4. The van der Waals surface area contributed by atoms with Crippen molar-refractivity contribution in [3.8, 4) is 5.75 Å². The van der Waals surface area contributed by atoms with E-state index in [1.807, 2.05) is 0 Å². The monoisotopic (exact) mass is 544 g/mol. The highest BCUT2D eigenvalue weighted by Gasteiger charge is 2.50. The van der Waals surface area contributed by atoms with Crippen molar-refractivity contribution in [1.82, 2.24) is 21.3 Å². The van der Waals surface area contributed by atoms with Crippen LogP contribution in [0.3, 0.4) is 0 Å². The normalized spacial score (nSPS) is 18.9. The average Bonchev–Trinajstić information content (AvgIpc) is 2.92. The SMILES string of the molecule is CC(C)C1NC(=O)CNC(=O)COc2ccc(cc2)C[C@@H](C(=O)C(F)(F)C(=O)NCc2ccccc2)NC1=O. The first-order valence-electron chi connectivity index (χ1n) is 12.3. The smallest absolute Gasteiger partial charge is 0.383 e. The third-order valence-electron chi connectivity index (χ3n) is 5.97.